The predicted molar refractivity (Wildman–Crippen MR) is 74.7 cm³/mol. The van der Waals surface area contributed by atoms with Crippen molar-refractivity contribution >= 4 is 17.7 Å². The van der Waals surface area contributed by atoms with Gasteiger partial charge in [-0.2, -0.15) is 0 Å². The second-order valence-corrected chi connectivity index (χ2v) is 4.81. The number of nitrogens with one attached hydrogen (secondary N) is 2. The molecule has 0 saturated heterocycles. The molecule has 0 fully saturated rings. The van der Waals surface area contributed by atoms with E-state index in [0.29, 0.717) is 5.56 Å². The highest BCUT2D eigenvalue weighted by Gasteiger charge is 2.23. The molecule has 0 aliphatic carbocycles. The molecule has 3 N–H and O–H groups in total. The van der Waals surface area contributed by atoms with Crippen LogP contribution in [0.2, 0.25) is 0 Å². The van der Waals surface area contributed by atoms with Crippen LogP contribution in [-0.2, 0) is 11.3 Å². The SMILES string of the molecule is CC(C)[C@H](NC(=O)NCc1cccc([N+](=O)[O-])c1)C(=O)O. The average Bonchev–Trinajstić information content (AvgIpc) is 2.42. The lowest BCUT2D eigenvalue weighted by molar-refractivity contribution is -0.384. The Morgan fingerprint density at radius 2 is 2.05 bits per heavy atom. The Balaban J connectivity index is 2.58. The Hall–Kier alpha value is -2.64. The second-order valence-electron chi connectivity index (χ2n) is 4.81. The molecule has 1 atom stereocenters. The van der Waals surface area contributed by atoms with E-state index in [0.717, 1.165) is 0 Å². The summed E-state index contributed by atoms with van der Waals surface area (Å²) in [6, 6.07) is 4.21. The summed E-state index contributed by atoms with van der Waals surface area (Å²) in [6.45, 7) is 3.43. The summed E-state index contributed by atoms with van der Waals surface area (Å²) in [6.07, 6.45) is 0. The first-order valence-corrected chi connectivity index (χ1v) is 6.31. The Labute approximate surface area is 121 Å². The molecular weight excluding hydrogens is 278 g/mol. The van der Waals surface area contributed by atoms with Crippen LogP contribution >= 0.6 is 0 Å². The molecule has 1 aromatic carbocycles. The predicted octanol–water partition coefficient (Wildman–Crippen LogP) is 1.50. The van der Waals surface area contributed by atoms with Crippen LogP contribution in [0, 0.1) is 16.0 Å². The molecule has 1 aromatic rings. The van der Waals surface area contributed by atoms with Crippen LogP contribution in [-0.4, -0.2) is 28.1 Å². The van der Waals surface area contributed by atoms with Gasteiger partial charge in [-0.25, -0.2) is 9.59 Å². The van der Waals surface area contributed by atoms with E-state index in [9.17, 15) is 19.7 Å². The largest absolute Gasteiger partial charge is 0.480 e. The second kappa shape index (κ2) is 7.22. The highest BCUT2D eigenvalue weighted by atomic mass is 16.6. The zero-order valence-electron chi connectivity index (χ0n) is 11.7. The third kappa shape index (κ3) is 5.09. The molecule has 21 heavy (non-hydrogen) atoms. The Morgan fingerprint density at radius 3 is 2.57 bits per heavy atom. The van der Waals surface area contributed by atoms with Gasteiger partial charge in [0.2, 0.25) is 0 Å². The lowest BCUT2D eigenvalue weighted by atomic mass is 10.1. The maximum Gasteiger partial charge on any atom is 0.326 e. The molecule has 0 bridgehead atoms. The summed E-state index contributed by atoms with van der Waals surface area (Å²) in [5.74, 6) is -1.37. The Kier molecular flexibility index (Phi) is 5.65. The smallest absolute Gasteiger partial charge is 0.326 e. The molecule has 0 radical (unpaired) electrons. The van der Waals surface area contributed by atoms with Gasteiger partial charge in [-0.15, -0.1) is 0 Å². The molecule has 0 heterocycles. The van der Waals surface area contributed by atoms with Crippen molar-refractivity contribution < 1.29 is 19.6 Å². The van der Waals surface area contributed by atoms with Crippen molar-refractivity contribution in [2.24, 2.45) is 5.92 Å². The van der Waals surface area contributed by atoms with Gasteiger partial charge < -0.3 is 15.7 Å². The molecule has 114 valence electrons. The van der Waals surface area contributed by atoms with Crippen LogP contribution in [0.25, 0.3) is 0 Å². The molecule has 1 rings (SSSR count). The lowest BCUT2D eigenvalue weighted by Crippen LogP contribution is -2.48. The fraction of sp³-hybridized carbons (Fsp3) is 0.385. The number of nitro benzene ring substituents is 1. The zero-order chi connectivity index (χ0) is 16.0. The number of nitrogens with zero attached hydrogens (tertiary/aromatic N) is 1. The number of hydrogen-bond donors (Lipinski definition) is 3. The number of carboxylic acid groups (broad SMARTS) is 1. The van der Waals surface area contributed by atoms with Crippen molar-refractivity contribution in [2.75, 3.05) is 0 Å². The maximum absolute atomic E-state index is 11.6. The lowest BCUT2D eigenvalue weighted by Gasteiger charge is -2.18. The van der Waals surface area contributed by atoms with Gasteiger partial charge in [0.25, 0.3) is 5.69 Å². The van der Waals surface area contributed by atoms with Gasteiger partial charge >= 0.3 is 12.0 Å². The van der Waals surface area contributed by atoms with Gasteiger partial charge in [-0.05, 0) is 11.5 Å². The Bertz CT molecular complexity index is 544. The topological polar surface area (TPSA) is 122 Å². The average molecular weight is 295 g/mol. The first kappa shape index (κ1) is 16.4. The maximum atomic E-state index is 11.6. The standard InChI is InChI=1S/C13H17N3O5/c1-8(2)11(12(17)18)15-13(19)14-7-9-4-3-5-10(6-9)16(20)21/h3-6,8,11H,7H2,1-2H3,(H,17,18)(H2,14,15,19)/t11-/m0/s1. The number of nitro groups is 1. The van der Waals surface area contributed by atoms with Crippen LogP contribution < -0.4 is 10.6 Å². The van der Waals surface area contributed by atoms with Gasteiger partial charge in [0.15, 0.2) is 0 Å². The van der Waals surface area contributed by atoms with Crippen molar-refractivity contribution in [3.05, 3.63) is 39.9 Å². The number of carbonyl (C=O) groups excluding carboxylic acids is 1. The number of rotatable bonds is 6. The van der Waals surface area contributed by atoms with Gasteiger partial charge in [0.1, 0.15) is 6.04 Å². The van der Waals surface area contributed by atoms with E-state index >= 15 is 0 Å². The first-order valence-electron chi connectivity index (χ1n) is 6.31. The third-order valence-corrected chi connectivity index (χ3v) is 2.79. The van der Waals surface area contributed by atoms with Crippen molar-refractivity contribution in [2.45, 2.75) is 26.4 Å². The van der Waals surface area contributed by atoms with Crippen molar-refractivity contribution in [3.8, 4) is 0 Å². The first-order chi connectivity index (χ1) is 9.81. The van der Waals surface area contributed by atoms with Gasteiger partial charge in [-0.3, -0.25) is 10.1 Å². The van der Waals surface area contributed by atoms with Crippen LogP contribution in [0.1, 0.15) is 19.4 Å². The van der Waals surface area contributed by atoms with Gasteiger partial charge in [-0.1, -0.05) is 26.0 Å². The normalized spacial score (nSPS) is 11.8. The minimum Gasteiger partial charge on any atom is -0.480 e. The number of hydrogen-bond acceptors (Lipinski definition) is 4. The number of carboxylic acids is 1. The molecule has 0 unspecified atom stereocenters. The molecule has 0 saturated carbocycles. The van der Waals surface area contributed by atoms with E-state index in [2.05, 4.69) is 10.6 Å². The van der Waals surface area contributed by atoms with Crippen LogP contribution in [0.4, 0.5) is 10.5 Å². The quantitative estimate of drug-likeness (QED) is 0.542. The van der Waals surface area contributed by atoms with Crippen LogP contribution in [0.3, 0.4) is 0 Å². The van der Waals surface area contributed by atoms with E-state index in [1.165, 1.54) is 18.2 Å². The summed E-state index contributed by atoms with van der Waals surface area (Å²) in [5, 5.41) is 24.4. The van der Waals surface area contributed by atoms with Crippen LogP contribution in [0.5, 0.6) is 0 Å². The summed E-state index contributed by atoms with van der Waals surface area (Å²) in [7, 11) is 0. The minimum absolute atomic E-state index is 0.0674. The highest BCUT2D eigenvalue weighted by Crippen LogP contribution is 2.12. The summed E-state index contributed by atoms with van der Waals surface area (Å²) in [4.78, 5) is 32.7. The van der Waals surface area contributed by atoms with Gasteiger partial charge in [0, 0.05) is 18.7 Å². The summed E-state index contributed by atoms with van der Waals surface area (Å²) in [5.41, 5.74) is 0.482. The van der Waals surface area contributed by atoms with Gasteiger partial charge in [0.05, 0.1) is 4.92 Å². The molecule has 0 aliphatic rings. The number of urea groups is 1. The van der Waals surface area contributed by atoms with Crippen LogP contribution in [0.15, 0.2) is 24.3 Å². The summed E-state index contributed by atoms with van der Waals surface area (Å²) < 4.78 is 0. The molecule has 8 heteroatoms. The minimum atomic E-state index is -1.12. The molecule has 0 aliphatic heterocycles. The molecular formula is C13H17N3O5. The van der Waals surface area contributed by atoms with E-state index in [4.69, 9.17) is 5.11 Å². The van der Waals surface area contributed by atoms with E-state index in [-0.39, 0.29) is 18.2 Å². The monoisotopic (exact) mass is 295 g/mol. The zero-order valence-corrected chi connectivity index (χ0v) is 11.7. The number of aliphatic carboxylic acids is 1. The van der Waals surface area contributed by atoms with Crippen molar-refractivity contribution in [1.82, 2.24) is 10.6 Å². The Morgan fingerprint density at radius 1 is 1.38 bits per heavy atom. The number of amides is 2. The fourth-order valence-electron chi connectivity index (χ4n) is 1.67. The third-order valence-electron chi connectivity index (χ3n) is 2.79. The van der Waals surface area contributed by atoms with Crippen molar-refractivity contribution in [3.63, 3.8) is 0 Å². The molecule has 2 amide bonds. The summed E-state index contributed by atoms with van der Waals surface area (Å²) >= 11 is 0. The molecule has 0 spiro atoms. The van der Waals surface area contributed by atoms with E-state index in [1.54, 1.807) is 19.9 Å². The fourth-order valence-corrected chi connectivity index (χ4v) is 1.67. The molecule has 0 aromatic heterocycles. The van der Waals surface area contributed by atoms with E-state index in [1.807, 2.05) is 0 Å². The van der Waals surface area contributed by atoms with Crippen molar-refractivity contribution in [1.29, 1.82) is 0 Å². The number of non-ortho nitro benzene ring substituents is 1. The highest BCUT2D eigenvalue weighted by molar-refractivity contribution is 5.82. The van der Waals surface area contributed by atoms with E-state index < -0.39 is 23.0 Å². The number of benzene rings is 1. The number of carbonyl (C=O) groups is 2. The molecule has 8 nitrogen and oxygen atoms in total.